The van der Waals surface area contributed by atoms with Crippen LogP contribution in [0.25, 0.3) is 0 Å². The Morgan fingerprint density at radius 3 is 2.67 bits per heavy atom. The Morgan fingerprint density at radius 1 is 1.33 bits per heavy atom. The minimum absolute atomic E-state index is 0.0970. The van der Waals surface area contributed by atoms with Crippen LogP contribution in [0.1, 0.15) is 12.5 Å². The Hall–Kier alpha value is -2.19. The summed E-state index contributed by atoms with van der Waals surface area (Å²) in [6, 6.07) is 5.51. The summed E-state index contributed by atoms with van der Waals surface area (Å²) in [6.07, 6.45) is 5.88. The van der Waals surface area contributed by atoms with Gasteiger partial charge in [0.25, 0.3) is 0 Å². The van der Waals surface area contributed by atoms with Gasteiger partial charge in [0.1, 0.15) is 0 Å². The number of nitrogens with one attached hydrogen (secondary N) is 2. The molecular formula is C16H22N2O3. The predicted octanol–water partition coefficient (Wildman–Crippen LogP) is 0.974. The first-order chi connectivity index (χ1) is 10.1. The molecule has 1 aromatic carbocycles. The molecule has 1 unspecified atom stereocenters. The normalized spacial score (nSPS) is 11.3. The van der Waals surface area contributed by atoms with Crippen LogP contribution in [0.2, 0.25) is 0 Å². The molecule has 1 aromatic rings. The van der Waals surface area contributed by atoms with Crippen LogP contribution < -0.4 is 20.1 Å². The van der Waals surface area contributed by atoms with E-state index < -0.39 is 0 Å². The van der Waals surface area contributed by atoms with Crippen LogP contribution in [0.15, 0.2) is 18.2 Å². The predicted molar refractivity (Wildman–Crippen MR) is 82.6 cm³/mol. The maximum Gasteiger partial charge on any atom is 0.237 e. The van der Waals surface area contributed by atoms with Crippen molar-refractivity contribution in [1.29, 1.82) is 0 Å². The molecule has 2 N–H and O–H groups in total. The number of methoxy groups -OCH3 is 2. The molecule has 21 heavy (non-hydrogen) atoms. The van der Waals surface area contributed by atoms with Crippen LogP contribution in [-0.4, -0.2) is 39.3 Å². The van der Waals surface area contributed by atoms with E-state index in [9.17, 15) is 4.79 Å². The molecule has 0 aromatic heterocycles. The summed E-state index contributed by atoms with van der Waals surface area (Å²) < 4.78 is 10.5. The number of hydrogen-bond donors (Lipinski definition) is 2. The molecule has 0 fully saturated rings. The zero-order valence-corrected chi connectivity index (χ0v) is 12.7. The quantitative estimate of drug-likeness (QED) is 0.701. The van der Waals surface area contributed by atoms with Crippen molar-refractivity contribution in [3.63, 3.8) is 0 Å². The van der Waals surface area contributed by atoms with Gasteiger partial charge in [0.05, 0.1) is 26.8 Å². The van der Waals surface area contributed by atoms with E-state index in [1.165, 1.54) is 0 Å². The van der Waals surface area contributed by atoms with Crippen molar-refractivity contribution in [3.05, 3.63) is 23.8 Å². The second-order valence-electron chi connectivity index (χ2n) is 4.54. The molecule has 0 heterocycles. The van der Waals surface area contributed by atoms with E-state index in [0.29, 0.717) is 18.0 Å². The number of carbonyl (C=O) groups is 1. The minimum atomic E-state index is -0.279. The number of amides is 1. The van der Waals surface area contributed by atoms with Gasteiger partial charge in [-0.3, -0.25) is 4.79 Å². The molecule has 1 atom stereocenters. The van der Waals surface area contributed by atoms with Crippen molar-refractivity contribution in [2.24, 2.45) is 0 Å². The second kappa shape index (κ2) is 8.88. The smallest absolute Gasteiger partial charge is 0.237 e. The zero-order valence-electron chi connectivity index (χ0n) is 12.7. The molecule has 0 aliphatic rings. The first-order valence-electron chi connectivity index (χ1n) is 6.77. The number of terminal acetylenes is 1. The van der Waals surface area contributed by atoms with Gasteiger partial charge in [-0.15, -0.1) is 6.42 Å². The van der Waals surface area contributed by atoms with Gasteiger partial charge >= 0.3 is 0 Å². The van der Waals surface area contributed by atoms with Crippen LogP contribution in [0.3, 0.4) is 0 Å². The van der Waals surface area contributed by atoms with Crippen LogP contribution in [-0.2, 0) is 11.2 Å². The Bertz CT molecular complexity index is 509. The highest BCUT2D eigenvalue weighted by molar-refractivity contribution is 5.81. The third kappa shape index (κ3) is 5.36. The van der Waals surface area contributed by atoms with E-state index in [1.807, 2.05) is 18.2 Å². The Kier molecular flexibility index (Phi) is 7.13. The minimum Gasteiger partial charge on any atom is -0.493 e. The lowest BCUT2D eigenvalue weighted by molar-refractivity contribution is -0.122. The van der Waals surface area contributed by atoms with Crippen molar-refractivity contribution >= 4 is 5.91 Å². The summed E-state index contributed by atoms with van der Waals surface area (Å²) in [5.74, 6) is 3.68. The van der Waals surface area contributed by atoms with Crippen molar-refractivity contribution in [2.75, 3.05) is 27.3 Å². The Labute approximate surface area is 126 Å². The molecule has 0 aliphatic carbocycles. The van der Waals surface area contributed by atoms with E-state index in [1.54, 1.807) is 21.1 Å². The number of benzene rings is 1. The highest BCUT2D eigenvalue weighted by Gasteiger charge is 2.11. The highest BCUT2D eigenvalue weighted by atomic mass is 16.5. The average Bonchev–Trinajstić information content (AvgIpc) is 2.52. The van der Waals surface area contributed by atoms with E-state index in [4.69, 9.17) is 15.9 Å². The lowest BCUT2D eigenvalue weighted by atomic mass is 10.1. The number of hydrogen-bond acceptors (Lipinski definition) is 4. The van der Waals surface area contributed by atoms with Crippen LogP contribution in [0.4, 0.5) is 0 Å². The van der Waals surface area contributed by atoms with Gasteiger partial charge in [0, 0.05) is 0 Å². The molecule has 0 aliphatic heterocycles. The third-order valence-electron chi connectivity index (χ3n) is 3.07. The Balaban J connectivity index is 2.45. The monoisotopic (exact) mass is 290 g/mol. The first-order valence-corrected chi connectivity index (χ1v) is 6.77. The van der Waals surface area contributed by atoms with Gasteiger partial charge in [-0.25, -0.2) is 0 Å². The third-order valence-corrected chi connectivity index (χ3v) is 3.07. The molecule has 5 heteroatoms. The number of carbonyl (C=O) groups excluding carboxylic acids is 1. The van der Waals surface area contributed by atoms with Gasteiger partial charge in [-0.1, -0.05) is 12.0 Å². The van der Waals surface area contributed by atoms with E-state index in [0.717, 1.165) is 12.0 Å². The van der Waals surface area contributed by atoms with E-state index in [-0.39, 0.29) is 18.5 Å². The topological polar surface area (TPSA) is 59.6 Å². The van der Waals surface area contributed by atoms with Gasteiger partial charge < -0.3 is 20.1 Å². The second-order valence-corrected chi connectivity index (χ2v) is 4.54. The molecule has 0 radical (unpaired) electrons. The SMILES string of the molecule is C#CCNC(=O)C(C)NCCc1ccc(OC)c(OC)c1. The summed E-state index contributed by atoms with van der Waals surface area (Å²) in [4.78, 5) is 11.6. The maximum atomic E-state index is 11.6. The summed E-state index contributed by atoms with van der Waals surface area (Å²) >= 11 is 0. The van der Waals surface area contributed by atoms with Crippen LogP contribution in [0.5, 0.6) is 11.5 Å². The van der Waals surface area contributed by atoms with Gasteiger partial charge in [0.2, 0.25) is 5.91 Å². The van der Waals surface area contributed by atoms with Crippen molar-refractivity contribution in [2.45, 2.75) is 19.4 Å². The van der Waals surface area contributed by atoms with E-state index in [2.05, 4.69) is 16.6 Å². The first kappa shape index (κ1) is 16.9. The molecule has 0 saturated carbocycles. The van der Waals surface area contributed by atoms with Crippen molar-refractivity contribution < 1.29 is 14.3 Å². The molecule has 0 saturated heterocycles. The maximum absolute atomic E-state index is 11.6. The van der Waals surface area contributed by atoms with Crippen LogP contribution >= 0.6 is 0 Å². The zero-order chi connectivity index (χ0) is 15.7. The van der Waals surface area contributed by atoms with E-state index >= 15 is 0 Å². The largest absolute Gasteiger partial charge is 0.493 e. The Morgan fingerprint density at radius 2 is 2.05 bits per heavy atom. The fraction of sp³-hybridized carbons (Fsp3) is 0.438. The van der Waals surface area contributed by atoms with Gasteiger partial charge in [0.15, 0.2) is 11.5 Å². The number of rotatable bonds is 8. The molecule has 0 spiro atoms. The molecule has 1 amide bonds. The molecular weight excluding hydrogens is 268 g/mol. The molecule has 1 rings (SSSR count). The summed E-state index contributed by atoms with van der Waals surface area (Å²) in [5.41, 5.74) is 1.11. The van der Waals surface area contributed by atoms with Gasteiger partial charge in [-0.05, 0) is 37.6 Å². The fourth-order valence-corrected chi connectivity index (χ4v) is 1.85. The fourth-order valence-electron chi connectivity index (χ4n) is 1.85. The van der Waals surface area contributed by atoms with Gasteiger partial charge in [-0.2, -0.15) is 0 Å². The summed E-state index contributed by atoms with van der Waals surface area (Å²) in [5, 5.41) is 5.79. The molecule has 0 bridgehead atoms. The highest BCUT2D eigenvalue weighted by Crippen LogP contribution is 2.27. The lowest BCUT2D eigenvalue weighted by Gasteiger charge is -2.13. The summed E-state index contributed by atoms with van der Waals surface area (Å²) in [6.45, 7) is 2.74. The molecule has 114 valence electrons. The summed E-state index contributed by atoms with van der Waals surface area (Å²) in [7, 11) is 3.22. The number of ether oxygens (including phenoxy) is 2. The molecule has 5 nitrogen and oxygen atoms in total. The lowest BCUT2D eigenvalue weighted by Crippen LogP contribution is -2.42. The van der Waals surface area contributed by atoms with Crippen LogP contribution in [0, 0.1) is 12.3 Å². The standard InChI is InChI=1S/C16H22N2O3/c1-5-9-18-16(19)12(2)17-10-8-13-6-7-14(20-3)15(11-13)21-4/h1,6-7,11-12,17H,8-10H2,2-4H3,(H,18,19). The van der Waals surface area contributed by atoms with Crippen molar-refractivity contribution in [1.82, 2.24) is 10.6 Å². The van der Waals surface area contributed by atoms with Crippen molar-refractivity contribution in [3.8, 4) is 23.8 Å². The average molecular weight is 290 g/mol.